The molecule has 0 saturated carbocycles. The Morgan fingerprint density at radius 3 is 2.55 bits per heavy atom. The summed E-state index contributed by atoms with van der Waals surface area (Å²) >= 11 is 1.54. The van der Waals surface area contributed by atoms with Crippen LogP contribution in [0.4, 0.5) is 5.69 Å². The van der Waals surface area contributed by atoms with Crippen LogP contribution in [0.5, 0.6) is 11.5 Å². The second-order valence-corrected chi connectivity index (χ2v) is 7.43. The molecule has 152 valence electrons. The van der Waals surface area contributed by atoms with E-state index in [-0.39, 0.29) is 12.3 Å². The first-order valence-corrected chi connectivity index (χ1v) is 10.2. The van der Waals surface area contributed by atoms with E-state index in [1.807, 2.05) is 67.1 Å². The van der Waals surface area contributed by atoms with Crippen molar-refractivity contribution in [2.75, 3.05) is 24.8 Å². The van der Waals surface area contributed by atoms with E-state index in [0.717, 1.165) is 27.9 Å². The molecule has 0 saturated heterocycles. The average Bonchev–Trinajstić information content (AvgIpc) is 3.07. The van der Waals surface area contributed by atoms with Crippen molar-refractivity contribution in [2.24, 2.45) is 7.05 Å². The van der Waals surface area contributed by atoms with Gasteiger partial charge >= 0.3 is 0 Å². The Morgan fingerprint density at radius 1 is 1.10 bits per heavy atom. The highest BCUT2D eigenvalue weighted by Gasteiger charge is 2.14. The standard InChI is InChI=1S/C21H24N4O3S/c1-15-6-4-5-7-18(15)22-20(26)14-19-23-24-21(25(19)2)29-13-12-28-17-10-8-16(27-3)9-11-17/h4-11H,12-14H2,1-3H3,(H,22,26). The maximum absolute atomic E-state index is 12.3. The molecule has 0 aliphatic carbocycles. The number of hydrogen-bond acceptors (Lipinski definition) is 6. The molecule has 0 unspecified atom stereocenters. The highest BCUT2D eigenvalue weighted by atomic mass is 32.2. The topological polar surface area (TPSA) is 78.3 Å². The van der Waals surface area contributed by atoms with E-state index in [4.69, 9.17) is 9.47 Å². The SMILES string of the molecule is COc1ccc(OCCSc2nnc(CC(=O)Nc3ccccc3C)n2C)cc1. The molecule has 0 aliphatic rings. The molecule has 1 amide bonds. The largest absolute Gasteiger partial charge is 0.497 e. The van der Waals surface area contributed by atoms with Gasteiger partial charge in [0.05, 0.1) is 20.1 Å². The summed E-state index contributed by atoms with van der Waals surface area (Å²) in [6.45, 7) is 2.49. The third-order valence-corrected chi connectivity index (χ3v) is 5.29. The molecule has 1 N–H and O–H groups in total. The van der Waals surface area contributed by atoms with Gasteiger partial charge in [0.15, 0.2) is 5.16 Å². The van der Waals surface area contributed by atoms with Crippen molar-refractivity contribution < 1.29 is 14.3 Å². The first-order valence-electron chi connectivity index (χ1n) is 9.20. The minimum atomic E-state index is -0.116. The summed E-state index contributed by atoms with van der Waals surface area (Å²) < 4.78 is 12.7. The molecule has 0 spiro atoms. The van der Waals surface area contributed by atoms with Gasteiger partial charge < -0.3 is 19.4 Å². The lowest BCUT2D eigenvalue weighted by Crippen LogP contribution is -2.17. The average molecular weight is 413 g/mol. The van der Waals surface area contributed by atoms with Gasteiger partial charge in [-0.15, -0.1) is 10.2 Å². The fourth-order valence-corrected chi connectivity index (χ4v) is 3.39. The van der Waals surface area contributed by atoms with E-state index in [9.17, 15) is 4.79 Å². The molecule has 3 aromatic rings. The Labute approximate surface area is 174 Å². The molecule has 0 aliphatic heterocycles. The number of carbonyl (C=O) groups excluding carboxylic acids is 1. The lowest BCUT2D eigenvalue weighted by Gasteiger charge is -2.08. The predicted molar refractivity (Wildman–Crippen MR) is 114 cm³/mol. The van der Waals surface area contributed by atoms with Gasteiger partial charge in [-0.2, -0.15) is 0 Å². The van der Waals surface area contributed by atoms with Gasteiger partial charge in [0, 0.05) is 18.5 Å². The third kappa shape index (κ3) is 5.74. The van der Waals surface area contributed by atoms with Crippen molar-refractivity contribution >= 4 is 23.4 Å². The first-order chi connectivity index (χ1) is 14.1. The van der Waals surface area contributed by atoms with Crippen molar-refractivity contribution in [1.82, 2.24) is 14.8 Å². The van der Waals surface area contributed by atoms with E-state index in [0.29, 0.717) is 18.2 Å². The monoisotopic (exact) mass is 412 g/mol. The number of benzene rings is 2. The van der Waals surface area contributed by atoms with Gasteiger partial charge in [-0.1, -0.05) is 30.0 Å². The summed E-state index contributed by atoms with van der Waals surface area (Å²) in [5, 5.41) is 12.0. The van der Waals surface area contributed by atoms with Crippen LogP contribution in [0.3, 0.4) is 0 Å². The van der Waals surface area contributed by atoms with Crippen LogP contribution in [0.15, 0.2) is 53.7 Å². The molecule has 7 nitrogen and oxygen atoms in total. The van der Waals surface area contributed by atoms with E-state index in [2.05, 4.69) is 15.5 Å². The summed E-state index contributed by atoms with van der Waals surface area (Å²) in [7, 11) is 3.50. The Morgan fingerprint density at radius 2 is 1.83 bits per heavy atom. The minimum absolute atomic E-state index is 0.116. The summed E-state index contributed by atoms with van der Waals surface area (Å²) in [5.41, 5.74) is 1.83. The predicted octanol–water partition coefficient (Wildman–Crippen LogP) is 3.48. The van der Waals surface area contributed by atoms with Crippen molar-refractivity contribution in [2.45, 2.75) is 18.5 Å². The normalized spacial score (nSPS) is 10.6. The Bertz CT molecular complexity index is 957. The molecule has 0 fully saturated rings. The van der Waals surface area contributed by atoms with E-state index < -0.39 is 0 Å². The minimum Gasteiger partial charge on any atom is -0.497 e. The molecule has 0 radical (unpaired) electrons. The highest BCUT2D eigenvalue weighted by molar-refractivity contribution is 7.99. The van der Waals surface area contributed by atoms with Crippen LogP contribution < -0.4 is 14.8 Å². The summed E-state index contributed by atoms with van der Waals surface area (Å²) in [4.78, 5) is 12.3. The van der Waals surface area contributed by atoms with E-state index >= 15 is 0 Å². The van der Waals surface area contributed by atoms with Gasteiger partial charge in [0.1, 0.15) is 17.3 Å². The van der Waals surface area contributed by atoms with E-state index in [1.165, 1.54) is 11.8 Å². The fourth-order valence-electron chi connectivity index (χ4n) is 2.64. The number of carbonyl (C=O) groups is 1. The molecule has 8 heteroatoms. The van der Waals surface area contributed by atoms with Crippen LogP contribution in [0.2, 0.25) is 0 Å². The Hall–Kier alpha value is -3.00. The van der Waals surface area contributed by atoms with Crippen molar-refractivity contribution in [3.63, 3.8) is 0 Å². The van der Waals surface area contributed by atoms with Crippen LogP contribution in [0.25, 0.3) is 0 Å². The van der Waals surface area contributed by atoms with Crippen molar-refractivity contribution in [3.05, 3.63) is 59.9 Å². The number of ether oxygens (including phenoxy) is 2. The summed E-state index contributed by atoms with van der Waals surface area (Å²) in [6.07, 6.45) is 0.167. The van der Waals surface area contributed by atoms with Crippen LogP contribution in [0.1, 0.15) is 11.4 Å². The van der Waals surface area contributed by atoms with Crippen molar-refractivity contribution in [3.8, 4) is 11.5 Å². The Balaban J connectivity index is 1.47. The molecule has 3 rings (SSSR count). The number of hydrogen-bond donors (Lipinski definition) is 1. The molecule has 1 aromatic heterocycles. The van der Waals surface area contributed by atoms with Gasteiger partial charge in [-0.05, 0) is 42.8 Å². The molecule has 29 heavy (non-hydrogen) atoms. The van der Waals surface area contributed by atoms with Crippen LogP contribution in [-0.4, -0.2) is 40.1 Å². The molecule has 0 atom stereocenters. The number of para-hydroxylation sites is 1. The third-order valence-electron chi connectivity index (χ3n) is 4.31. The zero-order valence-corrected chi connectivity index (χ0v) is 17.5. The smallest absolute Gasteiger partial charge is 0.232 e. The maximum Gasteiger partial charge on any atom is 0.232 e. The zero-order valence-electron chi connectivity index (χ0n) is 16.7. The number of aromatic nitrogens is 3. The molecule has 1 heterocycles. The lowest BCUT2D eigenvalue weighted by molar-refractivity contribution is -0.115. The van der Waals surface area contributed by atoms with Gasteiger partial charge in [0.2, 0.25) is 5.91 Å². The number of nitrogens with one attached hydrogen (secondary N) is 1. The van der Waals surface area contributed by atoms with Gasteiger partial charge in [-0.25, -0.2) is 0 Å². The number of anilines is 1. The quantitative estimate of drug-likeness (QED) is 0.428. The van der Waals surface area contributed by atoms with Gasteiger partial charge in [-0.3, -0.25) is 4.79 Å². The number of aryl methyl sites for hydroxylation is 1. The highest BCUT2D eigenvalue weighted by Crippen LogP contribution is 2.19. The van der Waals surface area contributed by atoms with Crippen molar-refractivity contribution in [1.29, 1.82) is 0 Å². The molecular weight excluding hydrogens is 388 g/mol. The first kappa shape index (κ1) is 20.7. The zero-order chi connectivity index (χ0) is 20.6. The lowest BCUT2D eigenvalue weighted by atomic mass is 10.2. The Kier molecular flexibility index (Phi) is 7.13. The summed E-state index contributed by atoms with van der Waals surface area (Å²) in [5.74, 6) is 2.81. The second kappa shape index (κ2) is 9.97. The molecule has 2 aromatic carbocycles. The number of thioether (sulfide) groups is 1. The second-order valence-electron chi connectivity index (χ2n) is 6.37. The van der Waals surface area contributed by atoms with Crippen LogP contribution in [-0.2, 0) is 18.3 Å². The van der Waals surface area contributed by atoms with Crippen LogP contribution >= 0.6 is 11.8 Å². The molecular formula is C21H24N4O3S. The van der Waals surface area contributed by atoms with E-state index in [1.54, 1.807) is 7.11 Å². The maximum atomic E-state index is 12.3. The number of amides is 1. The van der Waals surface area contributed by atoms with Gasteiger partial charge in [0.25, 0.3) is 0 Å². The number of nitrogens with zero attached hydrogens (tertiary/aromatic N) is 3. The fraction of sp³-hybridized carbons (Fsp3) is 0.286. The van der Waals surface area contributed by atoms with Crippen LogP contribution in [0, 0.1) is 6.92 Å². The number of methoxy groups -OCH3 is 1. The molecule has 0 bridgehead atoms. The number of rotatable bonds is 9. The summed E-state index contributed by atoms with van der Waals surface area (Å²) in [6, 6.07) is 15.1.